The van der Waals surface area contributed by atoms with Crippen LogP contribution in [-0.4, -0.2) is 106 Å². The fourth-order valence-corrected chi connectivity index (χ4v) is 9.71. The lowest BCUT2D eigenvalue weighted by Gasteiger charge is -2.66. The van der Waals surface area contributed by atoms with Crippen LogP contribution in [0.5, 0.6) is 0 Å². The first-order valence-electron chi connectivity index (χ1n) is 19.2. The predicted octanol–water partition coefficient (Wildman–Crippen LogP) is 3.54. The quantitative estimate of drug-likeness (QED) is 0.209. The number of rotatable bonds is 9. The Morgan fingerprint density at radius 3 is 2.32 bits per heavy atom. The number of nitrogens with zero attached hydrogens (tertiary/aromatic N) is 1. The average molecular weight is 782 g/mol. The van der Waals surface area contributed by atoms with Crippen LogP contribution in [0.15, 0.2) is 46.6 Å². The van der Waals surface area contributed by atoms with Crippen molar-refractivity contribution >= 4 is 35.5 Å². The summed E-state index contributed by atoms with van der Waals surface area (Å²) in [4.78, 5) is 68.9. The van der Waals surface area contributed by atoms with Crippen LogP contribution >= 0.6 is 0 Å². The van der Waals surface area contributed by atoms with Crippen molar-refractivity contribution < 1.29 is 57.9 Å². The Balaban J connectivity index is 1.48. The molecule has 2 aliphatic heterocycles. The van der Waals surface area contributed by atoms with Crippen molar-refractivity contribution in [1.29, 1.82) is 0 Å². The summed E-state index contributed by atoms with van der Waals surface area (Å²) < 4.78 is 30.1. The lowest BCUT2D eigenvalue weighted by molar-refractivity contribution is -0.329. The average Bonchev–Trinajstić information content (AvgIpc) is 3.42. The van der Waals surface area contributed by atoms with Crippen LogP contribution in [0.4, 0.5) is 4.79 Å². The van der Waals surface area contributed by atoms with E-state index in [2.05, 4.69) is 15.8 Å². The minimum atomic E-state index is -2.18. The zero-order valence-corrected chi connectivity index (χ0v) is 33.8. The maximum absolute atomic E-state index is 15.1. The van der Waals surface area contributed by atoms with Crippen LogP contribution in [0.3, 0.4) is 0 Å². The molecule has 0 aromatic heterocycles. The molecule has 1 saturated heterocycles. The van der Waals surface area contributed by atoms with E-state index in [9.17, 15) is 29.4 Å². The molecule has 4 N–H and O–H groups in total. The number of Topliss-reactive ketones (excluding diaryl/α,β-unsaturated/α-hetero) is 1. The van der Waals surface area contributed by atoms with Gasteiger partial charge in [-0.1, -0.05) is 52.8 Å². The zero-order valence-electron chi connectivity index (χ0n) is 33.8. The Morgan fingerprint density at radius 2 is 1.75 bits per heavy atom. The van der Waals surface area contributed by atoms with E-state index < -0.39 is 99.8 Å². The van der Waals surface area contributed by atoms with Gasteiger partial charge in [0.25, 0.3) is 0 Å². The fraction of sp³-hybridized carbons (Fsp3) is 0.659. The Kier molecular flexibility index (Phi) is 10.5. The van der Waals surface area contributed by atoms with Crippen LogP contribution in [0.25, 0.3) is 0 Å². The van der Waals surface area contributed by atoms with Gasteiger partial charge in [-0.25, -0.2) is 14.4 Å². The van der Waals surface area contributed by atoms with Crippen molar-refractivity contribution in [3.63, 3.8) is 0 Å². The second-order valence-electron chi connectivity index (χ2n) is 18.1. The van der Waals surface area contributed by atoms with Gasteiger partial charge in [-0.05, 0) is 57.7 Å². The van der Waals surface area contributed by atoms with Crippen LogP contribution < -0.4 is 10.7 Å². The van der Waals surface area contributed by atoms with Gasteiger partial charge in [-0.2, -0.15) is 5.10 Å². The van der Waals surface area contributed by atoms with E-state index in [1.165, 1.54) is 6.92 Å². The molecule has 15 nitrogen and oxygen atoms in total. The number of aliphatic hydroxyl groups excluding tert-OH is 1. The summed E-state index contributed by atoms with van der Waals surface area (Å²) in [5.74, 6) is -4.22. The smallest absolute Gasteiger partial charge is 0.407 e. The lowest BCUT2D eigenvalue weighted by Crippen LogP contribution is -2.81. The van der Waals surface area contributed by atoms with Gasteiger partial charge in [0.15, 0.2) is 11.7 Å². The molecule has 6 rings (SSSR count). The molecule has 1 aromatic carbocycles. The molecular weight excluding hydrogens is 726 g/mol. The number of amides is 1. The van der Waals surface area contributed by atoms with E-state index in [1.807, 2.05) is 13.8 Å². The maximum Gasteiger partial charge on any atom is 0.407 e. The molecule has 2 bridgehead atoms. The van der Waals surface area contributed by atoms with Crippen molar-refractivity contribution in [2.75, 3.05) is 6.61 Å². The number of benzene rings is 1. The third-order valence-corrected chi connectivity index (χ3v) is 12.4. The number of hydrogen-bond acceptors (Lipinski definition) is 14. The van der Waals surface area contributed by atoms with Crippen molar-refractivity contribution in [3.8, 4) is 0 Å². The number of nitrogens with one attached hydrogen (secondary N) is 2. The molecule has 2 heterocycles. The lowest BCUT2D eigenvalue weighted by atomic mass is 9.44. The highest BCUT2D eigenvalue weighted by Gasteiger charge is 2.78. The van der Waals surface area contributed by atoms with Gasteiger partial charge in [0.2, 0.25) is 5.78 Å². The van der Waals surface area contributed by atoms with Crippen LogP contribution in [0, 0.1) is 22.7 Å². The minimum Gasteiger partial charge on any atom is -0.456 e. The maximum atomic E-state index is 15.1. The van der Waals surface area contributed by atoms with Crippen molar-refractivity contribution in [1.82, 2.24) is 10.7 Å². The van der Waals surface area contributed by atoms with Gasteiger partial charge in [-0.3, -0.25) is 9.59 Å². The fourth-order valence-electron chi connectivity index (χ4n) is 9.71. The summed E-state index contributed by atoms with van der Waals surface area (Å²) in [7, 11) is 0. The summed E-state index contributed by atoms with van der Waals surface area (Å²) in [6, 6.07) is 6.56. The molecule has 0 unspecified atom stereocenters. The summed E-state index contributed by atoms with van der Waals surface area (Å²) in [6.45, 7) is 16.7. The highest BCUT2D eigenvalue weighted by molar-refractivity contribution is 6.48. The predicted molar refractivity (Wildman–Crippen MR) is 200 cm³/mol. The van der Waals surface area contributed by atoms with E-state index >= 15 is 4.79 Å². The number of esters is 3. The molecule has 306 valence electrons. The molecule has 3 aliphatic carbocycles. The standard InChI is InChI=1S/C41H55N3O12/c1-20(2)16-24(42-36(50)56-37(5,6)7)29(46)35(49)53-25-18-41(51)33(54-34(48)23-14-12-11-13-15-23)31-39(10)26(17-27-40(31,19-52-27)55-22(4)45)43-44-32(39)30(47)28(21(25)3)38(41,8)9/h11-15,20,24-27,29,31,33,43,46,51H,16-19H2,1-10H3,(H,42,50)/t24-,25-,26+,27+,29+,31-,33-,39+,40-,41+/m0/s1. The Hall–Kier alpha value is -4.34. The van der Waals surface area contributed by atoms with Crippen molar-refractivity contribution in [3.05, 3.63) is 47.0 Å². The monoisotopic (exact) mass is 781 g/mol. The number of carbonyl (C=O) groups is 5. The number of hydrazone groups is 1. The Morgan fingerprint density at radius 1 is 1.09 bits per heavy atom. The van der Waals surface area contributed by atoms with Gasteiger partial charge >= 0.3 is 24.0 Å². The van der Waals surface area contributed by atoms with Gasteiger partial charge in [-0.15, -0.1) is 0 Å². The van der Waals surface area contributed by atoms with E-state index in [-0.39, 0.29) is 42.2 Å². The normalized spacial score (nSPS) is 33.8. The second-order valence-corrected chi connectivity index (χ2v) is 18.1. The summed E-state index contributed by atoms with van der Waals surface area (Å²) >= 11 is 0. The summed E-state index contributed by atoms with van der Waals surface area (Å²) in [5.41, 5.74) is -3.45. The zero-order chi connectivity index (χ0) is 41.3. The molecule has 5 aliphatic rings. The largest absolute Gasteiger partial charge is 0.456 e. The molecule has 10 atom stereocenters. The van der Waals surface area contributed by atoms with Gasteiger partial charge in [0.05, 0.1) is 30.2 Å². The first kappa shape index (κ1) is 41.3. The number of ketones is 1. The van der Waals surface area contributed by atoms with Crippen molar-refractivity contribution in [2.45, 2.75) is 142 Å². The van der Waals surface area contributed by atoms with Gasteiger partial charge in [0.1, 0.15) is 35.2 Å². The summed E-state index contributed by atoms with van der Waals surface area (Å²) in [6.07, 6.45) is -6.15. The molecular formula is C41H55N3O12. The number of fused-ring (bicyclic) bond motifs is 4. The van der Waals surface area contributed by atoms with Crippen LogP contribution in [0.2, 0.25) is 0 Å². The molecule has 2 saturated carbocycles. The van der Waals surface area contributed by atoms with E-state index in [1.54, 1.807) is 78.8 Å². The summed E-state index contributed by atoms with van der Waals surface area (Å²) in [5, 5.41) is 32.1. The number of alkyl carbamates (subject to hydrolysis) is 1. The topological polar surface area (TPSA) is 208 Å². The van der Waals surface area contributed by atoms with Crippen LogP contribution in [0.1, 0.15) is 98.9 Å². The Bertz CT molecular complexity index is 1850. The van der Waals surface area contributed by atoms with E-state index in [4.69, 9.17) is 23.7 Å². The van der Waals surface area contributed by atoms with E-state index in [0.717, 1.165) is 0 Å². The molecule has 0 spiro atoms. The molecule has 1 amide bonds. The molecule has 56 heavy (non-hydrogen) atoms. The number of ether oxygens (including phenoxy) is 5. The molecule has 3 fully saturated rings. The van der Waals surface area contributed by atoms with Gasteiger partial charge in [0, 0.05) is 36.2 Å². The Labute approximate surface area is 326 Å². The van der Waals surface area contributed by atoms with Gasteiger partial charge < -0.3 is 44.6 Å². The molecule has 1 aromatic rings. The molecule has 15 heteroatoms. The van der Waals surface area contributed by atoms with Crippen molar-refractivity contribution in [2.24, 2.45) is 27.8 Å². The highest BCUT2D eigenvalue weighted by Crippen LogP contribution is 2.64. The van der Waals surface area contributed by atoms with E-state index in [0.29, 0.717) is 12.0 Å². The SMILES string of the molecule is CC(=O)O[C@@]12CO[C@@H]1C[C@H]1NN=C3C(=O)C4=C(C)[C@@H](OC(=O)[C@H](O)[C@H](CC(C)C)NC(=O)OC(C)(C)C)C[C@@](O)([C@@H](OC(=O)c5ccccc5)[C@H]2[C@]31C)C4(C)C. The molecule has 0 radical (unpaired) electrons. The minimum absolute atomic E-state index is 0.0694. The number of carbonyl (C=O) groups excluding carboxylic acids is 5. The highest BCUT2D eigenvalue weighted by atomic mass is 16.6. The first-order valence-corrected chi connectivity index (χ1v) is 19.2. The number of hydrogen-bond donors (Lipinski definition) is 4. The third-order valence-electron chi connectivity index (χ3n) is 12.4. The van der Waals surface area contributed by atoms with Crippen LogP contribution in [-0.2, 0) is 38.1 Å². The third kappa shape index (κ3) is 6.68. The first-order chi connectivity index (χ1) is 26.0. The second kappa shape index (κ2) is 14.2. The number of aliphatic hydroxyl groups is 2.